The van der Waals surface area contributed by atoms with Crippen LogP contribution in [0.1, 0.15) is 18.5 Å². The minimum absolute atomic E-state index is 0.0228. The van der Waals surface area contributed by atoms with E-state index in [0.29, 0.717) is 6.54 Å². The molecule has 1 atom stereocenters. The number of alkyl halides is 3. The average molecular weight is 265 g/mol. The molecule has 0 fully saturated rings. The van der Waals surface area contributed by atoms with Crippen molar-refractivity contribution in [1.29, 1.82) is 0 Å². The summed E-state index contributed by atoms with van der Waals surface area (Å²) < 4.78 is 52.4. The Balaban J connectivity index is 2.21. The molecule has 0 unspecified atom stereocenters. The fourth-order valence-corrected chi connectivity index (χ4v) is 1.40. The van der Waals surface area contributed by atoms with E-state index in [4.69, 9.17) is 0 Å². The maximum Gasteiger partial charge on any atom is 0.411 e. The van der Waals surface area contributed by atoms with Gasteiger partial charge in [-0.2, -0.15) is 13.2 Å². The van der Waals surface area contributed by atoms with Crippen molar-refractivity contribution in [1.82, 2.24) is 5.32 Å². The van der Waals surface area contributed by atoms with Crippen LogP contribution in [0.4, 0.5) is 17.6 Å². The molecular formula is C12H15F4NO. The number of rotatable bonds is 6. The molecule has 0 saturated carbocycles. The monoisotopic (exact) mass is 265 g/mol. The van der Waals surface area contributed by atoms with Crippen LogP contribution in [0.5, 0.6) is 0 Å². The lowest BCUT2D eigenvalue weighted by Crippen LogP contribution is -2.25. The zero-order valence-corrected chi connectivity index (χ0v) is 9.93. The summed E-state index contributed by atoms with van der Waals surface area (Å²) in [5, 5.41) is 2.99. The number of hydrogen-bond donors (Lipinski definition) is 1. The van der Waals surface area contributed by atoms with E-state index < -0.39 is 12.8 Å². The highest BCUT2D eigenvalue weighted by Crippen LogP contribution is 2.14. The molecule has 0 aliphatic rings. The third-order valence-corrected chi connectivity index (χ3v) is 2.33. The number of hydrogen-bond acceptors (Lipinski definition) is 2. The van der Waals surface area contributed by atoms with Gasteiger partial charge >= 0.3 is 6.18 Å². The first-order valence-electron chi connectivity index (χ1n) is 5.52. The highest BCUT2D eigenvalue weighted by Gasteiger charge is 2.27. The Labute approximate surface area is 103 Å². The largest absolute Gasteiger partial charge is 0.411 e. The molecule has 0 aliphatic heterocycles. The van der Waals surface area contributed by atoms with Crippen molar-refractivity contribution in [2.45, 2.75) is 19.1 Å². The Morgan fingerprint density at radius 3 is 2.39 bits per heavy atom. The van der Waals surface area contributed by atoms with Crippen molar-refractivity contribution >= 4 is 0 Å². The second kappa shape index (κ2) is 6.70. The van der Waals surface area contributed by atoms with E-state index in [1.54, 1.807) is 12.1 Å². The van der Waals surface area contributed by atoms with Crippen LogP contribution in [-0.2, 0) is 4.74 Å². The Kier molecular flexibility index (Phi) is 5.55. The minimum Gasteiger partial charge on any atom is -0.371 e. The number of halogens is 4. The van der Waals surface area contributed by atoms with E-state index in [9.17, 15) is 17.6 Å². The van der Waals surface area contributed by atoms with E-state index in [1.807, 2.05) is 6.92 Å². The molecule has 0 radical (unpaired) electrons. The zero-order chi connectivity index (χ0) is 13.6. The quantitative estimate of drug-likeness (QED) is 0.630. The molecule has 6 heteroatoms. The molecular weight excluding hydrogens is 250 g/mol. The van der Waals surface area contributed by atoms with Gasteiger partial charge in [-0.25, -0.2) is 4.39 Å². The first kappa shape index (κ1) is 14.9. The molecule has 0 saturated heterocycles. The first-order chi connectivity index (χ1) is 8.38. The van der Waals surface area contributed by atoms with Crippen LogP contribution in [0.2, 0.25) is 0 Å². The molecule has 0 aliphatic carbocycles. The molecule has 2 nitrogen and oxygen atoms in total. The van der Waals surface area contributed by atoms with Crippen molar-refractivity contribution < 1.29 is 22.3 Å². The molecule has 0 amide bonds. The normalized spacial score (nSPS) is 13.6. The third kappa shape index (κ3) is 5.97. The van der Waals surface area contributed by atoms with Gasteiger partial charge in [-0.3, -0.25) is 0 Å². The van der Waals surface area contributed by atoms with Crippen molar-refractivity contribution in [3.8, 4) is 0 Å². The van der Waals surface area contributed by atoms with Gasteiger partial charge in [0.1, 0.15) is 12.4 Å². The fourth-order valence-electron chi connectivity index (χ4n) is 1.40. The molecule has 0 bridgehead atoms. The molecule has 1 N–H and O–H groups in total. The summed E-state index contributed by atoms with van der Waals surface area (Å²) in [5.74, 6) is -0.320. The minimum atomic E-state index is -4.29. The van der Waals surface area contributed by atoms with Crippen molar-refractivity contribution in [2.75, 3.05) is 19.8 Å². The molecule has 0 heterocycles. The van der Waals surface area contributed by atoms with E-state index in [1.165, 1.54) is 12.1 Å². The van der Waals surface area contributed by atoms with E-state index >= 15 is 0 Å². The summed E-state index contributed by atoms with van der Waals surface area (Å²) in [6.45, 7) is 0.885. The number of ether oxygens (including phenoxy) is 1. The smallest absolute Gasteiger partial charge is 0.371 e. The SMILES string of the molecule is C[C@H](NCCOCC(F)(F)F)c1ccc(F)cc1. The van der Waals surface area contributed by atoms with Gasteiger partial charge < -0.3 is 10.1 Å². The van der Waals surface area contributed by atoms with Crippen LogP contribution in [0, 0.1) is 5.82 Å². The van der Waals surface area contributed by atoms with Crippen molar-refractivity contribution in [2.24, 2.45) is 0 Å². The van der Waals surface area contributed by atoms with Crippen LogP contribution < -0.4 is 5.32 Å². The average Bonchev–Trinajstić information content (AvgIpc) is 2.27. The van der Waals surface area contributed by atoms with Gasteiger partial charge in [-0.05, 0) is 24.6 Å². The Bertz CT molecular complexity index is 350. The molecule has 0 aromatic heterocycles. The van der Waals surface area contributed by atoms with Crippen molar-refractivity contribution in [3.63, 3.8) is 0 Å². The van der Waals surface area contributed by atoms with Gasteiger partial charge in [0.2, 0.25) is 0 Å². The predicted octanol–water partition coefficient (Wildman–Crippen LogP) is 3.06. The predicted molar refractivity (Wildman–Crippen MR) is 59.7 cm³/mol. The molecule has 1 aromatic carbocycles. The first-order valence-corrected chi connectivity index (χ1v) is 5.52. The van der Waals surface area contributed by atoms with Gasteiger partial charge in [0, 0.05) is 12.6 Å². The lowest BCUT2D eigenvalue weighted by molar-refractivity contribution is -0.173. The lowest BCUT2D eigenvalue weighted by Gasteiger charge is -2.14. The molecule has 102 valence electrons. The summed E-state index contributed by atoms with van der Waals surface area (Å²) >= 11 is 0. The van der Waals surface area contributed by atoms with Crippen LogP contribution >= 0.6 is 0 Å². The highest BCUT2D eigenvalue weighted by molar-refractivity contribution is 5.19. The Hall–Kier alpha value is -1.14. The Morgan fingerprint density at radius 2 is 1.83 bits per heavy atom. The Morgan fingerprint density at radius 1 is 1.22 bits per heavy atom. The third-order valence-electron chi connectivity index (χ3n) is 2.33. The van der Waals surface area contributed by atoms with Gasteiger partial charge in [0.15, 0.2) is 0 Å². The van der Waals surface area contributed by atoms with E-state index in [0.717, 1.165) is 5.56 Å². The summed E-state index contributed by atoms with van der Waals surface area (Å²) in [7, 11) is 0. The standard InChI is InChI=1S/C12H15F4NO/c1-9(10-2-4-11(13)5-3-10)17-6-7-18-8-12(14,15)16/h2-5,9,17H,6-8H2,1H3/t9-/m0/s1. The van der Waals surface area contributed by atoms with Crippen molar-refractivity contribution in [3.05, 3.63) is 35.6 Å². The van der Waals surface area contributed by atoms with E-state index in [-0.39, 0.29) is 18.5 Å². The van der Waals surface area contributed by atoms with Crippen LogP contribution in [-0.4, -0.2) is 25.9 Å². The summed E-state index contributed by atoms with van der Waals surface area (Å²) in [6.07, 6.45) is -4.29. The number of nitrogens with one attached hydrogen (secondary N) is 1. The fraction of sp³-hybridized carbons (Fsp3) is 0.500. The second-order valence-electron chi connectivity index (χ2n) is 3.90. The number of benzene rings is 1. The summed E-state index contributed by atoms with van der Waals surface area (Å²) in [4.78, 5) is 0. The van der Waals surface area contributed by atoms with Gasteiger partial charge in [0.05, 0.1) is 6.61 Å². The summed E-state index contributed by atoms with van der Waals surface area (Å²) in [5.41, 5.74) is 0.868. The van der Waals surface area contributed by atoms with Gasteiger partial charge in [-0.15, -0.1) is 0 Å². The van der Waals surface area contributed by atoms with Gasteiger partial charge in [0.25, 0.3) is 0 Å². The van der Waals surface area contributed by atoms with Crippen LogP contribution in [0.15, 0.2) is 24.3 Å². The molecule has 1 rings (SSSR count). The van der Waals surface area contributed by atoms with Crippen LogP contribution in [0.3, 0.4) is 0 Å². The molecule has 1 aromatic rings. The lowest BCUT2D eigenvalue weighted by atomic mass is 10.1. The maximum absolute atomic E-state index is 12.7. The van der Waals surface area contributed by atoms with Crippen LogP contribution in [0.25, 0.3) is 0 Å². The van der Waals surface area contributed by atoms with E-state index in [2.05, 4.69) is 10.1 Å². The summed E-state index contributed by atoms with van der Waals surface area (Å²) in [6, 6.07) is 5.87. The molecule has 18 heavy (non-hydrogen) atoms. The van der Waals surface area contributed by atoms with Gasteiger partial charge in [-0.1, -0.05) is 12.1 Å². The second-order valence-corrected chi connectivity index (χ2v) is 3.90. The molecule has 0 spiro atoms. The maximum atomic E-state index is 12.7. The topological polar surface area (TPSA) is 21.3 Å². The zero-order valence-electron chi connectivity index (χ0n) is 9.93. The highest BCUT2D eigenvalue weighted by atomic mass is 19.4.